The van der Waals surface area contributed by atoms with Crippen molar-refractivity contribution >= 4 is 5.91 Å². The van der Waals surface area contributed by atoms with Crippen LogP contribution in [0, 0.1) is 17.0 Å². The number of benzene rings is 1. The number of hydrogen-bond donors (Lipinski definition) is 0. The molecular weight excluding hydrogens is 428 g/mol. The molecule has 1 amide bonds. The highest BCUT2D eigenvalue weighted by atomic mass is 19.1. The molecule has 6 nitrogen and oxygen atoms in total. The molecule has 0 unspecified atom stereocenters. The van der Waals surface area contributed by atoms with E-state index >= 15 is 0 Å². The summed E-state index contributed by atoms with van der Waals surface area (Å²) in [4.78, 5) is 14.7. The molecule has 3 atom stereocenters. The Balaban J connectivity index is 1.71. The molecule has 0 radical (unpaired) electrons. The van der Waals surface area contributed by atoms with Crippen molar-refractivity contribution in [2.24, 2.45) is 5.41 Å². The van der Waals surface area contributed by atoms with Gasteiger partial charge in [-0.1, -0.05) is 26.8 Å². The number of aromatic nitrogens is 2. The smallest absolute Gasteiger partial charge is 0.251 e. The van der Waals surface area contributed by atoms with E-state index in [1.54, 1.807) is 25.1 Å². The molecule has 0 aliphatic heterocycles. The van der Waals surface area contributed by atoms with Crippen LogP contribution in [0.2, 0.25) is 0 Å². The monoisotopic (exact) mass is 459 g/mol. The number of halogens is 2. The van der Waals surface area contributed by atoms with Crippen molar-refractivity contribution in [3.63, 3.8) is 0 Å². The highest BCUT2D eigenvalue weighted by molar-refractivity contribution is 5.80. The fourth-order valence-electron chi connectivity index (χ4n) is 5.53. The zero-order valence-corrected chi connectivity index (χ0v) is 19.8. The zero-order valence-electron chi connectivity index (χ0n) is 19.8. The molecule has 2 bridgehead atoms. The molecule has 2 aliphatic rings. The highest BCUT2D eigenvalue weighted by Gasteiger charge is 2.65. The van der Waals surface area contributed by atoms with Crippen molar-refractivity contribution in [1.29, 1.82) is 0 Å². The lowest BCUT2D eigenvalue weighted by Gasteiger charge is -2.40. The van der Waals surface area contributed by atoms with Crippen molar-refractivity contribution in [3.8, 4) is 11.3 Å². The van der Waals surface area contributed by atoms with Crippen LogP contribution in [0.1, 0.15) is 57.2 Å². The van der Waals surface area contributed by atoms with Gasteiger partial charge in [0.2, 0.25) is 0 Å². The lowest BCUT2D eigenvalue weighted by atomic mass is 9.77. The summed E-state index contributed by atoms with van der Waals surface area (Å²) in [6.45, 7) is 7.07. The van der Waals surface area contributed by atoms with Crippen molar-refractivity contribution in [1.82, 2.24) is 15.1 Å². The first kappa shape index (κ1) is 23.7. The zero-order chi connectivity index (χ0) is 24.0. The predicted octanol–water partition coefficient (Wildman–Crippen LogP) is 4.43. The molecule has 33 heavy (non-hydrogen) atoms. The number of rotatable bonds is 8. The standard InChI is InChI=1S/C25H31F2N3O3/c1-6-20(23(31)30(4)12-13-32-5)33-25-11-10-16(24(25,2)3)15-14-19(28-29-22(15)25)21-17(26)8-7-9-18(21)27/h7-9,14,16,20H,6,10-13H2,1-5H3/t16-,20+,25-/m0/s1. The average molecular weight is 460 g/mol. The van der Waals surface area contributed by atoms with E-state index in [0.717, 1.165) is 12.0 Å². The summed E-state index contributed by atoms with van der Waals surface area (Å²) in [7, 11) is 3.34. The maximum absolute atomic E-state index is 14.4. The third kappa shape index (κ3) is 3.64. The van der Waals surface area contributed by atoms with E-state index in [4.69, 9.17) is 9.47 Å². The summed E-state index contributed by atoms with van der Waals surface area (Å²) in [6.07, 6.45) is 1.43. The van der Waals surface area contributed by atoms with Gasteiger partial charge in [-0.05, 0) is 48.9 Å². The van der Waals surface area contributed by atoms with Gasteiger partial charge in [-0.3, -0.25) is 4.79 Å². The molecule has 2 aliphatic carbocycles. The largest absolute Gasteiger partial charge is 0.383 e. The Hall–Kier alpha value is -2.45. The molecule has 0 N–H and O–H groups in total. The lowest BCUT2D eigenvalue weighted by Crippen LogP contribution is -2.47. The van der Waals surface area contributed by atoms with E-state index < -0.39 is 23.3 Å². The SMILES string of the molecule is CC[C@@H](O[C@@]12CC[C@@H](c3cc(-c4c(F)cccc4F)nnc31)C2(C)C)C(=O)N(C)CCOC. The normalized spacial score (nSPS) is 23.4. The van der Waals surface area contributed by atoms with Gasteiger partial charge in [0.05, 0.1) is 23.6 Å². The van der Waals surface area contributed by atoms with Crippen LogP contribution >= 0.6 is 0 Å². The Kier molecular flexibility index (Phi) is 6.26. The third-order valence-electron chi connectivity index (χ3n) is 7.49. The molecule has 0 saturated heterocycles. The van der Waals surface area contributed by atoms with E-state index in [2.05, 4.69) is 24.0 Å². The molecule has 1 aromatic carbocycles. The van der Waals surface area contributed by atoms with Crippen LogP contribution in [0.15, 0.2) is 24.3 Å². The Bertz CT molecular complexity index is 1040. The molecule has 2 aromatic rings. The number of likely N-dealkylation sites (N-methyl/N-ethyl adjacent to an activating group) is 1. The van der Waals surface area contributed by atoms with Crippen molar-refractivity contribution < 1.29 is 23.0 Å². The number of methoxy groups -OCH3 is 1. The van der Waals surface area contributed by atoms with E-state index in [1.807, 2.05) is 6.92 Å². The number of carbonyl (C=O) groups is 1. The van der Waals surface area contributed by atoms with Gasteiger partial charge in [-0.15, -0.1) is 5.10 Å². The first-order valence-electron chi connectivity index (χ1n) is 11.4. The number of nitrogens with zero attached hydrogens (tertiary/aromatic N) is 3. The maximum Gasteiger partial charge on any atom is 0.251 e. The highest BCUT2D eigenvalue weighted by Crippen LogP contribution is 2.68. The summed E-state index contributed by atoms with van der Waals surface area (Å²) in [5.41, 5.74) is 0.430. The molecule has 1 saturated carbocycles. The molecule has 1 heterocycles. The number of ether oxygens (including phenoxy) is 2. The quantitative estimate of drug-likeness (QED) is 0.584. The van der Waals surface area contributed by atoms with E-state index in [0.29, 0.717) is 31.7 Å². The van der Waals surface area contributed by atoms with Crippen molar-refractivity contribution in [2.75, 3.05) is 27.3 Å². The van der Waals surface area contributed by atoms with Crippen LogP contribution in [0.3, 0.4) is 0 Å². The van der Waals surface area contributed by atoms with Crippen LogP contribution in [-0.4, -0.2) is 54.4 Å². The van der Waals surface area contributed by atoms with Gasteiger partial charge in [-0.25, -0.2) is 8.78 Å². The lowest BCUT2D eigenvalue weighted by molar-refractivity contribution is -0.175. The number of amides is 1. The number of carbonyl (C=O) groups excluding carboxylic acids is 1. The van der Waals surface area contributed by atoms with Gasteiger partial charge in [0, 0.05) is 26.1 Å². The van der Waals surface area contributed by atoms with Crippen molar-refractivity contribution in [3.05, 3.63) is 47.2 Å². The van der Waals surface area contributed by atoms with Crippen LogP contribution in [0.4, 0.5) is 8.78 Å². The molecule has 4 rings (SSSR count). The first-order chi connectivity index (χ1) is 15.7. The summed E-state index contributed by atoms with van der Waals surface area (Å²) in [5.74, 6) is -1.35. The van der Waals surface area contributed by atoms with Gasteiger partial charge in [0.25, 0.3) is 5.91 Å². The second-order valence-corrected chi connectivity index (χ2v) is 9.54. The van der Waals surface area contributed by atoms with Crippen LogP contribution in [0.25, 0.3) is 11.3 Å². The minimum absolute atomic E-state index is 0.0930. The fraction of sp³-hybridized carbons (Fsp3) is 0.560. The summed E-state index contributed by atoms with van der Waals surface area (Å²) in [6, 6.07) is 5.50. The molecule has 178 valence electrons. The minimum Gasteiger partial charge on any atom is -0.383 e. The van der Waals surface area contributed by atoms with Gasteiger partial charge in [0.15, 0.2) is 0 Å². The number of hydrogen-bond acceptors (Lipinski definition) is 5. The van der Waals surface area contributed by atoms with E-state index in [9.17, 15) is 13.6 Å². The van der Waals surface area contributed by atoms with Gasteiger partial charge >= 0.3 is 0 Å². The Morgan fingerprint density at radius 3 is 2.61 bits per heavy atom. The minimum atomic E-state index is -0.787. The van der Waals surface area contributed by atoms with Crippen LogP contribution < -0.4 is 0 Å². The van der Waals surface area contributed by atoms with Crippen molar-refractivity contribution in [2.45, 2.75) is 57.7 Å². The summed E-state index contributed by atoms with van der Waals surface area (Å²) in [5, 5.41) is 8.66. The average Bonchev–Trinajstić information content (AvgIpc) is 3.15. The van der Waals surface area contributed by atoms with Gasteiger partial charge in [0.1, 0.15) is 23.3 Å². The second-order valence-electron chi connectivity index (χ2n) is 9.54. The van der Waals surface area contributed by atoms with Crippen LogP contribution in [-0.2, 0) is 19.9 Å². The van der Waals surface area contributed by atoms with Crippen LogP contribution in [0.5, 0.6) is 0 Å². The molecular formula is C25H31F2N3O3. The molecule has 1 aromatic heterocycles. The maximum atomic E-state index is 14.4. The third-order valence-corrected chi connectivity index (χ3v) is 7.49. The first-order valence-corrected chi connectivity index (χ1v) is 11.4. The number of fused-ring (bicyclic) bond motifs is 5. The second kappa shape index (κ2) is 8.72. The Morgan fingerprint density at radius 1 is 1.27 bits per heavy atom. The summed E-state index contributed by atoms with van der Waals surface area (Å²) >= 11 is 0. The summed E-state index contributed by atoms with van der Waals surface area (Å²) < 4.78 is 40.5. The predicted molar refractivity (Wildman–Crippen MR) is 119 cm³/mol. The Labute approximate surface area is 193 Å². The van der Waals surface area contributed by atoms with Gasteiger partial charge in [-0.2, -0.15) is 5.10 Å². The Morgan fingerprint density at radius 2 is 1.97 bits per heavy atom. The fourth-order valence-corrected chi connectivity index (χ4v) is 5.53. The van der Waals surface area contributed by atoms with E-state index in [-0.39, 0.29) is 28.5 Å². The topological polar surface area (TPSA) is 64.6 Å². The van der Waals surface area contributed by atoms with E-state index in [1.165, 1.54) is 18.2 Å². The molecule has 1 fully saturated rings. The molecule has 0 spiro atoms. The molecule has 8 heteroatoms. The van der Waals surface area contributed by atoms with Gasteiger partial charge < -0.3 is 14.4 Å².